The highest BCUT2D eigenvalue weighted by atomic mass is 16.2. The highest BCUT2D eigenvalue weighted by molar-refractivity contribution is 5.82. The van der Waals surface area contributed by atoms with E-state index in [2.05, 4.69) is 25.7 Å². The Morgan fingerprint density at radius 1 is 0.750 bits per heavy atom. The lowest BCUT2D eigenvalue weighted by atomic mass is 9.90. The maximum Gasteiger partial charge on any atom is 0.227 e. The first-order valence-corrected chi connectivity index (χ1v) is 9.33. The summed E-state index contributed by atoms with van der Waals surface area (Å²) in [5.41, 5.74) is -0.159. The Morgan fingerprint density at radius 3 is 1.67 bits per heavy atom. The molecular formula is C19H35N3O2. The number of amides is 2. The molecule has 0 atom stereocenters. The van der Waals surface area contributed by atoms with Gasteiger partial charge in [0.15, 0.2) is 0 Å². The van der Waals surface area contributed by atoms with Crippen LogP contribution in [0.2, 0.25) is 0 Å². The molecule has 0 aromatic carbocycles. The van der Waals surface area contributed by atoms with Crippen molar-refractivity contribution in [1.29, 1.82) is 0 Å². The van der Waals surface area contributed by atoms with Crippen LogP contribution in [0.15, 0.2) is 0 Å². The zero-order valence-electron chi connectivity index (χ0n) is 16.4. The lowest BCUT2D eigenvalue weighted by molar-refractivity contribution is -0.146. The number of hydrogen-bond acceptors (Lipinski definition) is 3. The van der Waals surface area contributed by atoms with Crippen LogP contribution in [-0.4, -0.2) is 71.3 Å². The van der Waals surface area contributed by atoms with Gasteiger partial charge in [0.1, 0.15) is 0 Å². The number of hydrogen-bond donors (Lipinski definition) is 0. The summed E-state index contributed by atoms with van der Waals surface area (Å²) in [7, 11) is 0. The van der Waals surface area contributed by atoms with E-state index in [1.165, 1.54) is 0 Å². The summed E-state index contributed by atoms with van der Waals surface area (Å²) >= 11 is 0. The van der Waals surface area contributed by atoms with Gasteiger partial charge < -0.3 is 9.80 Å². The van der Waals surface area contributed by atoms with Crippen LogP contribution in [-0.2, 0) is 9.59 Å². The second-order valence-corrected chi connectivity index (χ2v) is 9.30. The monoisotopic (exact) mass is 337 g/mol. The largest absolute Gasteiger partial charge is 0.342 e. The van der Waals surface area contributed by atoms with Gasteiger partial charge in [0.2, 0.25) is 11.8 Å². The van der Waals surface area contributed by atoms with Crippen LogP contribution in [0.25, 0.3) is 0 Å². The Hall–Kier alpha value is -1.10. The van der Waals surface area contributed by atoms with Gasteiger partial charge >= 0.3 is 0 Å². The highest BCUT2D eigenvalue weighted by Gasteiger charge is 2.35. The molecule has 0 unspecified atom stereocenters. The molecule has 2 amide bonds. The second-order valence-electron chi connectivity index (χ2n) is 9.30. The Kier molecular flexibility index (Phi) is 5.63. The van der Waals surface area contributed by atoms with Crippen LogP contribution in [0, 0.1) is 11.3 Å². The first-order valence-electron chi connectivity index (χ1n) is 9.33. The Bertz CT molecular complexity index is 460. The smallest absolute Gasteiger partial charge is 0.227 e. The number of carbonyl (C=O) groups is 2. The molecule has 0 aliphatic carbocycles. The molecule has 5 nitrogen and oxygen atoms in total. The van der Waals surface area contributed by atoms with E-state index in [-0.39, 0.29) is 22.8 Å². The third kappa shape index (κ3) is 4.50. The van der Waals surface area contributed by atoms with Crippen molar-refractivity contribution in [3.63, 3.8) is 0 Å². The average Bonchev–Trinajstić information content (AvgIpc) is 2.52. The first-order chi connectivity index (χ1) is 11.0. The average molecular weight is 338 g/mol. The van der Waals surface area contributed by atoms with Crippen LogP contribution in [0.1, 0.15) is 54.4 Å². The number of piperazine rings is 1. The SMILES string of the molecule is CC(C)(C)C(=O)N1CCC(C(=O)N2CCN(C(C)(C)C)CC2)CC1. The summed E-state index contributed by atoms with van der Waals surface area (Å²) in [6, 6.07) is 0. The van der Waals surface area contributed by atoms with Gasteiger partial charge in [-0.1, -0.05) is 20.8 Å². The van der Waals surface area contributed by atoms with Gasteiger partial charge in [-0.25, -0.2) is 0 Å². The van der Waals surface area contributed by atoms with E-state index < -0.39 is 0 Å². The number of rotatable bonds is 1. The molecule has 24 heavy (non-hydrogen) atoms. The summed E-state index contributed by atoms with van der Waals surface area (Å²) < 4.78 is 0. The molecule has 0 radical (unpaired) electrons. The van der Waals surface area contributed by atoms with Gasteiger partial charge in [-0.05, 0) is 33.6 Å². The number of nitrogens with zero attached hydrogens (tertiary/aromatic N) is 3. The second kappa shape index (κ2) is 7.03. The first kappa shape index (κ1) is 19.2. The van der Waals surface area contributed by atoms with Crippen molar-refractivity contribution in [3.05, 3.63) is 0 Å². The molecule has 2 heterocycles. The van der Waals surface area contributed by atoms with Crippen molar-refractivity contribution in [2.24, 2.45) is 11.3 Å². The van der Waals surface area contributed by atoms with Crippen LogP contribution < -0.4 is 0 Å². The van der Waals surface area contributed by atoms with Crippen molar-refractivity contribution in [2.45, 2.75) is 59.9 Å². The van der Waals surface area contributed by atoms with Crippen LogP contribution in [0.3, 0.4) is 0 Å². The van der Waals surface area contributed by atoms with E-state index in [4.69, 9.17) is 0 Å². The lowest BCUT2D eigenvalue weighted by Crippen LogP contribution is -2.56. The van der Waals surface area contributed by atoms with Crippen molar-refractivity contribution in [3.8, 4) is 0 Å². The van der Waals surface area contributed by atoms with Crippen LogP contribution >= 0.6 is 0 Å². The van der Waals surface area contributed by atoms with E-state index in [1.807, 2.05) is 30.6 Å². The third-order valence-electron chi connectivity index (χ3n) is 5.31. The Morgan fingerprint density at radius 2 is 1.25 bits per heavy atom. The molecule has 2 rings (SSSR count). The molecule has 2 aliphatic heterocycles. The van der Waals surface area contributed by atoms with Crippen LogP contribution in [0.5, 0.6) is 0 Å². The summed E-state index contributed by atoms with van der Waals surface area (Å²) in [6.07, 6.45) is 1.61. The van der Waals surface area contributed by atoms with E-state index in [0.717, 1.165) is 39.0 Å². The fourth-order valence-electron chi connectivity index (χ4n) is 3.66. The van der Waals surface area contributed by atoms with Gasteiger partial charge in [0, 0.05) is 56.1 Å². The molecule has 0 saturated carbocycles. The minimum atomic E-state index is -0.333. The fraction of sp³-hybridized carbons (Fsp3) is 0.895. The predicted molar refractivity (Wildman–Crippen MR) is 96.7 cm³/mol. The van der Waals surface area contributed by atoms with Gasteiger partial charge in [0.05, 0.1) is 0 Å². The van der Waals surface area contributed by atoms with Crippen molar-refractivity contribution >= 4 is 11.8 Å². The minimum Gasteiger partial charge on any atom is -0.342 e. The maximum absolute atomic E-state index is 12.8. The number of carbonyl (C=O) groups excluding carboxylic acids is 2. The predicted octanol–water partition coefficient (Wildman–Crippen LogP) is 2.21. The quantitative estimate of drug-likeness (QED) is 0.737. The topological polar surface area (TPSA) is 43.9 Å². The Labute approximate surface area is 147 Å². The van der Waals surface area contributed by atoms with Crippen molar-refractivity contribution in [2.75, 3.05) is 39.3 Å². The van der Waals surface area contributed by atoms with E-state index in [0.29, 0.717) is 19.0 Å². The lowest BCUT2D eigenvalue weighted by Gasteiger charge is -2.43. The van der Waals surface area contributed by atoms with Gasteiger partial charge in [-0.2, -0.15) is 0 Å². The normalized spacial score (nSPS) is 21.9. The molecule has 0 bridgehead atoms. The summed E-state index contributed by atoms with van der Waals surface area (Å²) in [5.74, 6) is 0.591. The van der Waals surface area contributed by atoms with Crippen molar-refractivity contribution in [1.82, 2.24) is 14.7 Å². The molecule has 0 aromatic rings. The van der Waals surface area contributed by atoms with Gasteiger partial charge in [-0.3, -0.25) is 14.5 Å². The molecule has 0 aromatic heterocycles. The van der Waals surface area contributed by atoms with Crippen LogP contribution in [0.4, 0.5) is 0 Å². The summed E-state index contributed by atoms with van der Waals surface area (Å²) in [5, 5.41) is 0. The molecule has 2 saturated heterocycles. The molecule has 2 fully saturated rings. The number of piperidine rings is 1. The van der Waals surface area contributed by atoms with E-state index in [9.17, 15) is 9.59 Å². The number of likely N-dealkylation sites (tertiary alicyclic amines) is 1. The van der Waals surface area contributed by atoms with Crippen molar-refractivity contribution < 1.29 is 9.59 Å². The summed E-state index contributed by atoms with van der Waals surface area (Å²) in [6.45, 7) is 17.6. The van der Waals surface area contributed by atoms with Gasteiger partial charge in [-0.15, -0.1) is 0 Å². The molecule has 2 aliphatic rings. The summed E-state index contributed by atoms with van der Waals surface area (Å²) in [4.78, 5) is 31.6. The zero-order valence-corrected chi connectivity index (χ0v) is 16.4. The molecule has 5 heteroatoms. The molecule has 0 N–H and O–H groups in total. The maximum atomic E-state index is 12.8. The van der Waals surface area contributed by atoms with E-state index >= 15 is 0 Å². The van der Waals surface area contributed by atoms with Gasteiger partial charge in [0.25, 0.3) is 0 Å². The highest BCUT2D eigenvalue weighted by Crippen LogP contribution is 2.25. The minimum absolute atomic E-state index is 0.0928. The van der Waals surface area contributed by atoms with E-state index in [1.54, 1.807) is 0 Å². The molecule has 138 valence electrons. The standard InChI is InChI=1S/C19H35N3O2/c1-18(2,3)17(24)21-9-7-15(8-10-21)16(23)20-11-13-22(14-12-20)19(4,5)6/h15H,7-14H2,1-6H3. The third-order valence-corrected chi connectivity index (χ3v) is 5.31. The Balaban J connectivity index is 1.83. The molecule has 0 spiro atoms. The molecular weight excluding hydrogens is 302 g/mol. The fourth-order valence-corrected chi connectivity index (χ4v) is 3.66. The zero-order chi connectivity index (χ0) is 18.1.